The molecule has 0 saturated carbocycles. The van der Waals surface area contributed by atoms with E-state index in [0.29, 0.717) is 11.4 Å². The lowest BCUT2D eigenvalue weighted by Crippen LogP contribution is -2.18. The lowest BCUT2D eigenvalue weighted by atomic mass is 10.3. The van der Waals surface area contributed by atoms with Gasteiger partial charge in [0.05, 0.1) is 0 Å². The molecule has 68 valence electrons. The molecule has 5 heteroatoms. The Labute approximate surface area is 81.8 Å². The van der Waals surface area contributed by atoms with Crippen LogP contribution in [-0.2, 0) is 0 Å². The number of aromatic nitrogens is 2. The molecule has 0 fully saturated rings. The maximum absolute atomic E-state index is 8.80. The van der Waals surface area contributed by atoms with Crippen LogP contribution in [0.5, 0.6) is 0 Å². The molecule has 13 heavy (non-hydrogen) atoms. The van der Waals surface area contributed by atoms with Crippen LogP contribution in [0.2, 0.25) is 5.15 Å². The summed E-state index contributed by atoms with van der Waals surface area (Å²) in [6.07, 6.45) is 1.35. The molecule has 0 aliphatic heterocycles. The lowest BCUT2D eigenvalue weighted by molar-refractivity contribution is 0.924. The zero-order valence-corrected chi connectivity index (χ0v) is 8.21. The van der Waals surface area contributed by atoms with Gasteiger partial charge in [-0.1, -0.05) is 11.6 Å². The molecular weight excluding hydrogens is 188 g/mol. The summed E-state index contributed by atoms with van der Waals surface area (Å²) in [6.45, 7) is 2.74. The average molecular weight is 197 g/mol. The molecule has 0 aliphatic carbocycles. The molecular formula is C8H9ClN4. The van der Waals surface area contributed by atoms with E-state index in [1.54, 1.807) is 0 Å². The van der Waals surface area contributed by atoms with Gasteiger partial charge >= 0.3 is 0 Å². The number of halogens is 1. The first-order valence-corrected chi connectivity index (χ1v) is 4.20. The van der Waals surface area contributed by atoms with Crippen molar-refractivity contribution in [1.29, 1.82) is 5.26 Å². The van der Waals surface area contributed by atoms with Gasteiger partial charge in [-0.05, 0) is 6.92 Å². The molecule has 1 aromatic heterocycles. The Kier molecular flexibility index (Phi) is 3.04. The molecule has 0 amide bonds. The molecule has 0 bridgehead atoms. The van der Waals surface area contributed by atoms with Crippen LogP contribution >= 0.6 is 11.6 Å². The van der Waals surface area contributed by atoms with Gasteiger partial charge in [-0.2, -0.15) is 5.26 Å². The van der Waals surface area contributed by atoms with Crippen LogP contribution in [0.25, 0.3) is 0 Å². The van der Waals surface area contributed by atoms with Gasteiger partial charge in [-0.15, -0.1) is 0 Å². The van der Waals surface area contributed by atoms with Crippen molar-refractivity contribution in [1.82, 2.24) is 9.97 Å². The Morgan fingerprint density at radius 2 is 2.31 bits per heavy atom. The number of rotatable bonds is 2. The van der Waals surface area contributed by atoms with Crippen LogP contribution in [0.3, 0.4) is 0 Å². The fourth-order valence-corrected chi connectivity index (χ4v) is 1.06. The topological polar surface area (TPSA) is 52.8 Å². The number of hydrogen-bond acceptors (Lipinski definition) is 4. The minimum Gasteiger partial charge on any atom is -0.359 e. The van der Waals surface area contributed by atoms with Crippen LogP contribution in [0.15, 0.2) is 6.33 Å². The van der Waals surface area contributed by atoms with E-state index in [1.807, 2.05) is 24.9 Å². The van der Waals surface area contributed by atoms with Gasteiger partial charge in [0.2, 0.25) is 0 Å². The predicted octanol–water partition coefficient (Wildman–Crippen LogP) is 1.46. The molecule has 0 unspecified atom stereocenters. The zero-order chi connectivity index (χ0) is 9.84. The highest BCUT2D eigenvalue weighted by Gasteiger charge is 2.11. The SMILES string of the molecule is CCN(C)c1ncnc(Cl)c1C#N. The van der Waals surface area contributed by atoms with Crippen molar-refractivity contribution in [3.63, 3.8) is 0 Å². The third-order valence-electron chi connectivity index (χ3n) is 1.73. The molecule has 0 spiro atoms. The summed E-state index contributed by atoms with van der Waals surface area (Å²) < 4.78 is 0. The molecule has 4 nitrogen and oxygen atoms in total. The summed E-state index contributed by atoms with van der Waals surface area (Å²) in [5.41, 5.74) is 0.327. The van der Waals surface area contributed by atoms with E-state index in [4.69, 9.17) is 16.9 Å². The van der Waals surface area contributed by atoms with Crippen molar-refractivity contribution < 1.29 is 0 Å². The fraction of sp³-hybridized carbons (Fsp3) is 0.375. The van der Waals surface area contributed by atoms with E-state index in [1.165, 1.54) is 6.33 Å². The first-order chi connectivity index (χ1) is 6.20. The van der Waals surface area contributed by atoms with Crippen LogP contribution < -0.4 is 4.90 Å². The van der Waals surface area contributed by atoms with E-state index in [9.17, 15) is 0 Å². The molecule has 1 rings (SSSR count). The average Bonchev–Trinajstić information content (AvgIpc) is 2.16. The fourth-order valence-electron chi connectivity index (χ4n) is 0.891. The Hall–Kier alpha value is -1.34. The molecule has 0 aromatic carbocycles. The molecule has 1 aromatic rings. The van der Waals surface area contributed by atoms with Gasteiger partial charge in [0, 0.05) is 13.6 Å². The lowest BCUT2D eigenvalue weighted by Gasteiger charge is -2.16. The molecule has 1 heterocycles. The van der Waals surface area contributed by atoms with Crippen LogP contribution in [-0.4, -0.2) is 23.6 Å². The maximum atomic E-state index is 8.80. The summed E-state index contributed by atoms with van der Waals surface area (Å²) in [7, 11) is 1.85. The van der Waals surface area contributed by atoms with Gasteiger partial charge in [-0.3, -0.25) is 0 Å². The van der Waals surface area contributed by atoms with Gasteiger partial charge in [-0.25, -0.2) is 9.97 Å². The molecule has 0 aliphatic rings. The van der Waals surface area contributed by atoms with Crippen molar-refractivity contribution in [3.8, 4) is 6.07 Å². The largest absolute Gasteiger partial charge is 0.359 e. The van der Waals surface area contributed by atoms with E-state index in [0.717, 1.165) is 6.54 Å². The number of nitrogens with zero attached hydrogens (tertiary/aromatic N) is 4. The highest BCUT2D eigenvalue weighted by atomic mass is 35.5. The normalized spacial score (nSPS) is 9.38. The smallest absolute Gasteiger partial charge is 0.152 e. The van der Waals surface area contributed by atoms with Crippen molar-refractivity contribution in [3.05, 3.63) is 17.0 Å². The number of anilines is 1. The highest BCUT2D eigenvalue weighted by molar-refractivity contribution is 6.30. The second-order valence-electron chi connectivity index (χ2n) is 2.49. The Bertz CT molecular complexity index is 344. The van der Waals surface area contributed by atoms with E-state index in [-0.39, 0.29) is 5.15 Å². The zero-order valence-electron chi connectivity index (χ0n) is 7.45. The third kappa shape index (κ3) is 1.87. The van der Waals surface area contributed by atoms with E-state index >= 15 is 0 Å². The highest BCUT2D eigenvalue weighted by Crippen LogP contribution is 2.20. The number of hydrogen-bond donors (Lipinski definition) is 0. The van der Waals surface area contributed by atoms with Gasteiger partial charge in [0.15, 0.2) is 11.0 Å². The van der Waals surface area contributed by atoms with Gasteiger partial charge in [0.25, 0.3) is 0 Å². The van der Waals surface area contributed by atoms with Gasteiger partial charge < -0.3 is 4.90 Å². The monoisotopic (exact) mass is 196 g/mol. The second-order valence-corrected chi connectivity index (χ2v) is 2.85. The molecule has 0 radical (unpaired) electrons. The minimum absolute atomic E-state index is 0.202. The van der Waals surface area contributed by atoms with E-state index in [2.05, 4.69) is 9.97 Å². The molecule has 0 saturated heterocycles. The summed E-state index contributed by atoms with van der Waals surface area (Å²) >= 11 is 5.73. The minimum atomic E-state index is 0.202. The van der Waals surface area contributed by atoms with Crippen molar-refractivity contribution in [2.24, 2.45) is 0 Å². The predicted molar refractivity (Wildman–Crippen MR) is 50.7 cm³/mol. The van der Waals surface area contributed by atoms with Crippen LogP contribution in [0, 0.1) is 11.3 Å². The molecule has 0 atom stereocenters. The first kappa shape index (κ1) is 9.75. The van der Waals surface area contributed by atoms with Crippen molar-refractivity contribution >= 4 is 17.4 Å². The van der Waals surface area contributed by atoms with Crippen molar-refractivity contribution in [2.45, 2.75) is 6.92 Å². The maximum Gasteiger partial charge on any atom is 0.152 e. The van der Waals surface area contributed by atoms with Crippen molar-refractivity contribution in [2.75, 3.05) is 18.5 Å². The quantitative estimate of drug-likeness (QED) is 0.672. The summed E-state index contributed by atoms with van der Waals surface area (Å²) in [5, 5.41) is 9.00. The summed E-state index contributed by atoms with van der Waals surface area (Å²) in [6, 6.07) is 1.98. The van der Waals surface area contributed by atoms with Crippen LogP contribution in [0.1, 0.15) is 12.5 Å². The Morgan fingerprint density at radius 1 is 1.62 bits per heavy atom. The Morgan fingerprint density at radius 3 is 2.85 bits per heavy atom. The second kappa shape index (κ2) is 4.06. The summed E-state index contributed by atoms with van der Waals surface area (Å²) in [5.74, 6) is 0.574. The number of nitriles is 1. The third-order valence-corrected chi connectivity index (χ3v) is 2.02. The van der Waals surface area contributed by atoms with Crippen LogP contribution in [0.4, 0.5) is 5.82 Å². The molecule has 0 N–H and O–H groups in total. The Balaban J connectivity index is 3.22. The summed E-state index contributed by atoms with van der Waals surface area (Å²) in [4.78, 5) is 9.56. The first-order valence-electron chi connectivity index (χ1n) is 3.82. The van der Waals surface area contributed by atoms with Gasteiger partial charge in [0.1, 0.15) is 18.0 Å². The van der Waals surface area contributed by atoms with E-state index < -0.39 is 0 Å². The standard InChI is InChI=1S/C8H9ClN4/c1-3-13(2)8-6(4-10)7(9)11-5-12-8/h5H,3H2,1-2H3.